The molecule has 152 valence electrons. The third-order valence-corrected chi connectivity index (χ3v) is 4.42. The number of ether oxygens (including phenoxy) is 2. The summed E-state index contributed by atoms with van der Waals surface area (Å²) < 4.78 is 10.3. The first kappa shape index (κ1) is 20.1. The van der Waals surface area contributed by atoms with E-state index in [0.717, 1.165) is 0 Å². The summed E-state index contributed by atoms with van der Waals surface area (Å²) >= 11 is 0. The molecule has 0 aliphatic carbocycles. The molecule has 1 fully saturated rings. The molecule has 3 rings (SSSR count). The molecule has 2 heterocycles. The van der Waals surface area contributed by atoms with E-state index in [1.54, 1.807) is 36.4 Å². The van der Waals surface area contributed by atoms with Gasteiger partial charge in [-0.1, -0.05) is 0 Å². The van der Waals surface area contributed by atoms with Crippen LogP contribution in [0.2, 0.25) is 0 Å². The van der Waals surface area contributed by atoms with Gasteiger partial charge in [0, 0.05) is 37.3 Å². The SMILES string of the molecule is COc1ccc(C(=O)N2CCCN2C(=O)c2ccc(NC(C)=O)cc2)c(OC)n1. The molecule has 1 aromatic carbocycles. The van der Waals surface area contributed by atoms with E-state index in [0.29, 0.717) is 36.6 Å². The van der Waals surface area contributed by atoms with Crippen LogP contribution in [0.25, 0.3) is 0 Å². The fourth-order valence-electron chi connectivity index (χ4n) is 3.08. The first-order valence-electron chi connectivity index (χ1n) is 9.05. The molecule has 1 N–H and O–H groups in total. The molecule has 1 aliphatic rings. The minimum absolute atomic E-state index is 0.133. The molecule has 2 aromatic rings. The van der Waals surface area contributed by atoms with Crippen LogP contribution in [0, 0.1) is 0 Å². The van der Waals surface area contributed by atoms with Gasteiger partial charge in [-0.15, -0.1) is 0 Å². The molecule has 0 spiro atoms. The van der Waals surface area contributed by atoms with E-state index in [9.17, 15) is 14.4 Å². The summed E-state index contributed by atoms with van der Waals surface area (Å²) in [5.74, 6) is -0.411. The quantitative estimate of drug-likeness (QED) is 0.826. The number of nitrogens with zero attached hydrogens (tertiary/aromatic N) is 3. The molecule has 0 saturated carbocycles. The van der Waals surface area contributed by atoms with Gasteiger partial charge in [0.05, 0.1) is 14.2 Å². The van der Waals surface area contributed by atoms with Crippen molar-refractivity contribution in [3.63, 3.8) is 0 Å². The van der Waals surface area contributed by atoms with Crippen LogP contribution in [0.4, 0.5) is 5.69 Å². The molecule has 0 atom stereocenters. The van der Waals surface area contributed by atoms with Crippen LogP contribution in [0.5, 0.6) is 11.8 Å². The summed E-state index contributed by atoms with van der Waals surface area (Å²) in [4.78, 5) is 41.3. The summed E-state index contributed by atoms with van der Waals surface area (Å²) in [6, 6.07) is 9.66. The van der Waals surface area contributed by atoms with Gasteiger partial charge in [0.25, 0.3) is 11.8 Å². The Morgan fingerprint density at radius 2 is 1.59 bits per heavy atom. The average Bonchev–Trinajstić information content (AvgIpc) is 3.22. The van der Waals surface area contributed by atoms with Gasteiger partial charge in [0.2, 0.25) is 17.7 Å². The smallest absolute Gasteiger partial charge is 0.277 e. The summed E-state index contributed by atoms with van der Waals surface area (Å²) in [6.45, 7) is 2.24. The number of hydrogen-bond acceptors (Lipinski definition) is 6. The number of benzene rings is 1. The zero-order valence-electron chi connectivity index (χ0n) is 16.5. The highest BCUT2D eigenvalue weighted by Gasteiger charge is 2.33. The average molecular weight is 398 g/mol. The Morgan fingerprint density at radius 3 is 2.17 bits per heavy atom. The third kappa shape index (κ3) is 4.29. The number of hydrogen-bond donors (Lipinski definition) is 1. The number of amides is 3. The standard InChI is InChI=1S/C20H22N4O5/c1-13(25)21-15-7-5-14(6-8-15)19(26)23-11-4-12-24(23)20(27)16-9-10-17(28-2)22-18(16)29-3/h5-10H,4,11-12H2,1-3H3,(H,21,25). The highest BCUT2D eigenvalue weighted by molar-refractivity contribution is 6.01. The molecule has 29 heavy (non-hydrogen) atoms. The van der Waals surface area contributed by atoms with E-state index in [1.165, 1.54) is 31.2 Å². The van der Waals surface area contributed by atoms with Gasteiger partial charge in [-0.05, 0) is 36.8 Å². The zero-order chi connectivity index (χ0) is 21.0. The second-order valence-electron chi connectivity index (χ2n) is 6.38. The van der Waals surface area contributed by atoms with Crippen molar-refractivity contribution < 1.29 is 23.9 Å². The number of rotatable bonds is 5. The number of pyridine rings is 1. The number of carbonyl (C=O) groups is 3. The van der Waals surface area contributed by atoms with Crippen molar-refractivity contribution >= 4 is 23.4 Å². The normalized spacial score (nSPS) is 13.2. The highest BCUT2D eigenvalue weighted by Crippen LogP contribution is 2.25. The van der Waals surface area contributed by atoms with Crippen LogP contribution in [-0.4, -0.2) is 60.0 Å². The Hall–Kier alpha value is -3.62. The molecular weight excluding hydrogens is 376 g/mol. The fraction of sp³-hybridized carbons (Fsp3) is 0.300. The Kier molecular flexibility index (Phi) is 5.96. The number of hydrazine groups is 1. The predicted molar refractivity (Wildman–Crippen MR) is 105 cm³/mol. The number of anilines is 1. The monoisotopic (exact) mass is 398 g/mol. The zero-order valence-corrected chi connectivity index (χ0v) is 16.5. The summed E-state index contributed by atoms with van der Waals surface area (Å²) in [6.07, 6.45) is 0.660. The number of carbonyl (C=O) groups excluding carboxylic acids is 3. The van der Waals surface area contributed by atoms with E-state index in [4.69, 9.17) is 9.47 Å². The molecule has 1 saturated heterocycles. The van der Waals surface area contributed by atoms with Crippen molar-refractivity contribution in [2.75, 3.05) is 32.6 Å². The molecule has 9 nitrogen and oxygen atoms in total. The second kappa shape index (κ2) is 8.59. The maximum Gasteiger partial charge on any atom is 0.277 e. The largest absolute Gasteiger partial charge is 0.481 e. The third-order valence-electron chi connectivity index (χ3n) is 4.42. The topological polar surface area (TPSA) is 101 Å². The summed E-state index contributed by atoms with van der Waals surface area (Å²) in [7, 11) is 2.89. The first-order valence-corrected chi connectivity index (χ1v) is 9.05. The maximum atomic E-state index is 13.1. The van der Waals surface area contributed by atoms with Crippen LogP contribution >= 0.6 is 0 Å². The number of aromatic nitrogens is 1. The van der Waals surface area contributed by atoms with E-state index < -0.39 is 0 Å². The molecule has 0 radical (unpaired) electrons. The van der Waals surface area contributed by atoms with E-state index >= 15 is 0 Å². The van der Waals surface area contributed by atoms with Crippen molar-refractivity contribution in [2.45, 2.75) is 13.3 Å². The van der Waals surface area contributed by atoms with Crippen LogP contribution in [-0.2, 0) is 4.79 Å². The van der Waals surface area contributed by atoms with Crippen molar-refractivity contribution in [1.82, 2.24) is 15.0 Å². The van der Waals surface area contributed by atoms with Crippen molar-refractivity contribution in [2.24, 2.45) is 0 Å². The van der Waals surface area contributed by atoms with Gasteiger partial charge >= 0.3 is 0 Å². The van der Waals surface area contributed by atoms with Crippen molar-refractivity contribution in [3.05, 3.63) is 47.5 Å². The molecule has 9 heteroatoms. The van der Waals surface area contributed by atoms with E-state index in [1.807, 2.05) is 0 Å². The lowest BCUT2D eigenvalue weighted by Crippen LogP contribution is -2.45. The molecule has 1 aromatic heterocycles. The fourth-order valence-corrected chi connectivity index (χ4v) is 3.08. The Balaban J connectivity index is 1.81. The van der Waals surface area contributed by atoms with Crippen LogP contribution in [0.15, 0.2) is 36.4 Å². The lowest BCUT2D eigenvalue weighted by molar-refractivity contribution is -0.114. The van der Waals surface area contributed by atoms with Crippen molar-refractivity contribution in [3.8, 4) is 11.8 Å². The Labute approximate surface area is 168 Å². The minimum Gasteiger partial charge on any atom is -0.481 e. The lowest BCUT2D eigenvalue weighted by Gasteiger charge is -2.28. The maximum absolute atomic E-state index is 13.1. The van der Waals surface area contributed by atoms with Crippen LogP contribution < -0.4 is 14.8 Å². The molecular formula is C20H22N4O5. The van der Waals surface area contributed by atoms with Crippen molar-refractivity contribution in [1.29, 1.82) is 0 Å². The van der Waals surface area contributed by atoms with Gasteiger partial charge in [-0.25, -0.2) is 10.0 Å². The van der Waals surface area contributed by atoms with Crippen LogP contribution in [0.1, 0.15) is 34.1 Å². The minimum atomic E-state index is -0.377. The first-order chi connectivity index (χ1) is 13.9. The Bertz CT molecular complexity index is 929. The summed E-state index contributed by atoms with van der Waals surface area (Å²) in [5.41, 5.74) is 1.25. The van der Waals surface area contributed by atoms with Gasteiger partial charge in [0.1, 0.15) is 5.56 Å². The van der Waals surface area contributed by atoms with E-state index in [2.05, 4.69) is 10.3 Å². The van der Waals surface area contributed by atoms with Gasteiger partial charge in [-0.3, -0.25) is 14.4 Å². The van der Waals surface area contributed by atoms with Gasteiger partial charge < -0.3 is 14.8 Å². The van der Waals surface area contributed by atoms with Crippen LogP contribution in [0.3, 0.4) is 0 Å². The molecule has 1 aliphatic heterocycles. The molecule has 0 unspecified atom stereocenters. The number of methoxy groups -OCH3 is 2. The van der Waals surface area contributed by atoms with Gasteiger partial charge in [-0.2, -0.15) is 4.98 Å². The predicted octanol–water partition coefficient (Wildman–Crippen LogP) is 1.96. The lowest BCUT2D eigenvalue weighted by atomic mass is 10.2. The highest BCUT2D eigenvalue weighted by atomic mass is 16.5. The summed E-state index contributed by atoms with van der Waals surface area (Å²) in [5, 5.41) is 5.47. The van der Waals surface area contributed by atoms with E-state index in [-0.39, 0.29) is 29.2 Å². The Morgan fingerprint density at radius 1 is 0.931 bits per heavy atom. The number of nitrogens with one attached hydrogen (secondary N) is 1. The second-order valence-corrected chi connectivity index (χ2v) is 6.38. The molecule has 3 amide bonds. The molecule has 0 bridgehead atoms. The van der Waals surface area contributed by atoms with Gasteiger partial charge in [0.15, 0.2) is 0 Å².